The summed E-state index contributed by atoms with van der Waals surface area (Å²) in [5.41, 5.74) is 1.35. The molecule has 0 saturated heterocycles. The minimum Gasteiger partial charge on any atom is -0.490 e. The zero-order valence-corrected chi connectivity index (χ0v) is 18.9. The summed E-state index contributed by atoms with van der Waals surface area (Å²) in [5, 5.41) is 9.89. The highest BCUT2D eigenvalue weighted by Gasteiger charge is 2.15. The number of amides is 1. The molecule has 1 aliphatic heterocycles. The maximum atomic E-state index is 12.3. The Morgan fingerprint density at radius 3 is 2.58 bits per heavy atom. The molecule has 0 bridgehead atoms. The van der Waals surface area contributed by atoms with E-state index in [9.17, 15) is 4.79 Å². The first kappa shape index (κ1) is 22.7. The lowest BCUT2D eigenvalue weighted by Gasteiger charge is -2.21. The van der Waals surface area contributed by atoms with Gasteiger partial charge < -0.3 is 25.4 Å². The van der Waals surface area contributed by atoms with Crippen molar-refractivity contribution in [2.45, 2.75) is 39.3 Å². The third kappa shape index (κ3) is 7.36. The minimum absolute atomic E-state index is 0.0795. The van der Waals surface area contributed by atoms with E-state index in [0.717, 1.165) is 23.4 Å². The molecule has 0 aliphatic carbocycles. The summed E-state index contributed by atoms with van der Waals surface area (Å²) in [6, 6.07) is 13.1. The highest BCUT2D eigenvalue weighted by atomic mass is 35.5. The van der Waals surface area contributed by atoms with Crippen LogP contribution in [0.2, 0.25) is 5.02 Å². The van der Waals surface area contributed by atoms with Gasteiger partial charge in [0, 0.05) is 28.7 Å². The van der Waals surface area contributed by atoms with Crippen LogP contribution in [0, 0.1) is 0 Å². The van der Waals surface area contributed by atoms with E-state index in [-0.39, 0.29) is 18.0 Å². The van der Waals surface area contributed by atoms with Crippen molar-refractivity contribution in [2.24, 2.45) is 4.99 Å². The van der Waals surface area contributed by atoms with E-state index in [0.29, 0.717) is 36.5 Å². The van der Waals surface area contributed by atoms with Crippen molar-refractivity contribution in [3.8, 4) is 11.5 Å². The first-order chi connectivity index (χ1) is 14.8. The number of ether oxygens (including phenoxy) is 2. The van der Waals surface area contributed by atoms with E-state index in [1.165, 1.54) is 0 Å². The fourth-order valence-electron chi connectivity index (χ4n) is 2.93. The number of aliphatic imine (C=N–C) groups is 1. The molecule has 0 unspecified atom stereocenters. The molecular weight excluding hydrogens is 416 g/mol. The molecule has 2 aromatic carbocycles. The number of nitrogens with zero attached hydrogens (tertiary/aromatic N) is 1. The highest BCUT2D eigenvalue weighted by Crippen LogP contribution is 2.32. The summed E-state index contributed by atoms with van der Waals surface area (Å²) in [7, 11) is 0. The number of hydrogen-bond acceptors (Lipinski definition) is 4. The molecule has 7 nitrogen and oxygen atoms in total. The molecule has 3 rings (SSSR count). The second-order valence-corrected chi connectivity index (χ2v) is 8.65. The molecule has 2 aromatic rings. The van der Waals surface area contributed by atoms with Crippen LogP contribution in [0.4, 0.5) is 5.69 Å². The summed E-state index contributed by atoms with van der Waals surface area (Å²) in [6.45, 7) is 7.49. The van der Waals surface area contributed by atoms with Crippen molar-refractivity contribution in [3.05, 3.63) is 53.1 Å². The third-order valence-corrected chi connectivity index (χ3v) is 4.68. The molecule has 1 heterocycles. The zero-order chi connectivity index (χ0) is 22.3. The molecule has 1 aliphatic rings. The zero-order valence-electron chi connectivity index (χ0n) is 18.1. The standard InChI is InChI=1S/C23H29ClN4O3/c1-23(2,3)28-21(29)15-26-22(25-14-16-7-4-5-8-18(16)24)27-17-9-10-19-20(13-17)31-12-6-11-30-19/h4-5,7-10,13H,6,11-12,14-15H2,1-3H3,(H,28,29)(H2,25,26,27). The number of anilines is 1. The van der Waals surface area contributed by atoms with Crippen molar-refractivity contribution in [2.75, 3.05) is 25.1 Å². The van der Waals surface area contributed by atoms with Crippen molar-refractivity contribution in [1.29, 1.82) is 0 Å². The van der Waals surface area contributed by atoms with Gasteiger partial charge in [-0.05, 0) is 44.5 Å². The number of halogens is 1. The summed E-state index contributed by atoms with van der Waals surface area (Å²) in [4.78, 5) is 16.9. The van der Waals surface area contributed by atoms with Crippen LogP contribution >= 0.6 is 11.6 Å². The molecule has 0 aromatic heterocycles. The molecule has 0 atom stereocenters. The average molecular weight is 445 g/mol. The van der Waals surface area contributed by atoms with Crippen LogP contribution < -0.4 is 25.4 Å². The van der Waals surface area contributed by atoms with Crippen LogP contribution in [0.3, 0.4) is 0 Å². The van der Waals surface area contributed by atoms with Gasteiger partial charge in [0.25, 0.3) is 0 Å². The number of carbonyl (C=O) groups is 1. The maximum absolute atomic E-state index is 12.3. The molecular formula is C23H29ClN4O3. The molecule has 166 valence electrons. The SMILES string of the molecule is CC(C)(C)NC(=O)CNC(=NCc1ccccc1Cl)Nc1ccc2c(c1)OCCCO2. The van der Waals surface area contributed by atoms with Crippen LogP contribution in [0.1, 0.15) is 32.8 Å². The van der Waals surface area contributed by atoms with Gasteiger partial charge in [0.05, 0.1) is 26.3 Å². The van der Waals surface area contributed by atoms with Gasteiger partial charge in [0.1, 0.15) is 0 Å². The first-order valence-corrected chi connectivity index (χ1v) is 10.7. The number of benzene rings is 2. The molecule has 0 radical (unpaired) electrons. The normalized spacial score (nSPS) is 13.9. The topological polar surface area (TPSA) is 84.0 Å². The Labute approximate surface area is 188 Å². The second-order valence-electron chi connectivity index (χ2n) is 8.24. The number of rotatable bonds is 5. The first-order valence-electron chi connectivity index (χ1n) is 10.3. The van der Waals surface area contributed by atoms with Gasteiger partial charge in [0.15, 0.2) is 17.5 Å². The number of guanidine groups is 1. The fourth-order valence-corrected chi connectivity index (χ4v) is 3.13. The summed E-state index contributed by atoms with van der Waals surface area (Å²) in [5.74, 6) is 1.73. The van der Waals surface area contributed by atoms with E-state index in [1.807, 2.05) is 63.2 Å². The monoisotopic (exact) mass is 444 g/mol. The molecule has 0 spiro atoms. The van der Waals surface area contributed by atoms with Gasteiger partial charge >= 0.3 is 0 Å². The molecule has 3 N–H and O–H groups in total. The Balaban J connectivity index is 1.75. The lowest BCUT2D eigenvalue weighted by molar-refractivity contribution is -0.121. The molecule has 31 heavy (non-hydrogen) atoms. The van der Waals surface area contributed by atoms with Gasteiger partial charge in [-0.15, -0.1) is 0 Å². The Morgan fingerprint density at radius 1 is 1.10 bits per heavy atom. The van der Waals surface area contributed by atoms with Gasteiger partial charge in [-0.3, -0.25) is 4.79 Å². The van der Waals surface area contributed by atoms with Crippen molar-refractivity contribution in [1.82, 2.24) is 10.6 Å². The molecule has 0 fully saturated rings. The lowest BCUT2D eigenvalue weighted by Crippen LogP contribution is -2.46. The Morgan fingerprint density at radius 2 is 1.84 bits per heavy atom. The van der Waals surface area contributed by atoms with Crippen LogP contribution in [0.25, 0.3) is 0 Å². The second kappa shape index (κ2) is 10.4. The van der Waals surface area contributed by atoms with Crippen molar-refractivity contribution >= 4 is 29.2 Å². The Hall–Kier alpha value is -2.93. The van der Waals surface area contributed by atoms with Gasteiger partial charge in [-0.2, -0.15) is 0 Å². The highest BCUT2D eigenvalue weighted by molar-refractivity contribution is 6.31. The van der Waals surface area contributed by atoms with Gasteiger partial charge in [-0.1, -0.05) is 29.8 Å². The van der Waals surface area contributed by atoms with Gasteiger partial charge in [0.2, 0.25) is 5.91 Å². The van der Waals surface area contributed by atoms with E-state index in [1.54, 1.807) is 0 Å². The number of hydrogen-bond donors (Lipinski definition) is 3. The van der Waals surface area contributed by atoms with Crippen molar-refractivity contribution in [3.63, 3.8) is 0 Å². The molecule has 8 heteroatoms. The Bertz CT molecular complexity index is 941. The van der Waals surface area contributed by atoms with E-state index < -0.39 is 0 Å². The fraction of sp³-hybridized carbons (Fsp3) is 0.391. The maximum Gasteiger partial charge on any atom is 0.239 e. The Kier molecular flexibility index (Phi) is 7.63. The number of carbonyl (C=O) groups excluding carboxylic acids is 1. The smallest absolute Gasteiger partial charge is 0.239 e. The van der Waals surface area contributed by atoms with E-state index >= 15 is 0 Å². The quantitative estimate of drug-likeness (QED) is 0.480. The van der Waals surface area contributed by atoms with Crippen LogP contribution in [-0.4, -0.2) is 37.2 Å². The predicted octanol–water partition coefficient (Wildman–Crippen LogP) is 3.97. The van der Waals surface area contributed by atoms with Crippen LogP contribution in [-0.2, 0) is 11.3 Å². The lowest BCUT2D eigenvalue weighted by atomic mass is 10.1. The van der Waals surface area contributed by atoms with E-state index in [2.05, 4.69) is 20.9 Å². The minimum atomic E-state index is -0.310. The number of fused-ring (bicyclic) bond motifs is 1. The van der Waals surface area contributed by atoms with Crippen LogP contribution in [0.15, 0.2) is 47.5 Å². The van der Waals surface area contributed by atoms with Crippen LogP contribution in [0.5, 0.6) is 11.5 Å². The largest absolute Gasteiger partial charge is 0.490 e. The summed E-state index contributed by atoms with van der Waals surface area (Å²) >= 11 is 6.26. The molecule has 0 saturated carbocycles. The third-order valence-electron chi connectivity index (χ3n) is 4.31. The number of nitrogens with one attached hydrogen (secondary N) is 3. The molecule has 1 amide bonds. The summed E-state index contributed by atoms with van der Waals surface area (Å²) in [6.07, 6.45) is 0.840. The average Bonchev–Trinajstić information content (AvgIpc) is 2.95. The van der Waals surface area contributed by atoms with E-state index in [4.69, 9.17) is 21.1 Å². The summed E-state index contributed by atoms with van der Waals surface area (Å²) < 4.78 is 11.4. The van der Waals surface area contributed by atoms with Gasteiger partial charge in [-0.25, -0.2) is 4.99 Å². The van der Waals surface area contributed by atoms with Crippen molar-refractivity contribution < 1.29 is 14.3 Å². The predicted molar refractivity (Wildman–Crippen MR) is 124 cm³/mol.